The molecule has 2 N–H and O–H groups in total. The number of aryl methyl sites for hydroxylation is 1. The molecule has 0 amide bonds. The first-order valence-corrected chi connectivity index (χ1v) is 9.79. The summed E-state index contributed by atoms with van der Waals surface area (Å²) in [7, 11) is 3.50. The first-order valence-electron chi connectivity index (χ1n) is 9.79. The lowest BCUT2D eigenvalue weighted by Crippen LogP contribution is -2.37. The average Bonchev–Trinajstić information content (AvgIpc) is 3.25. The second kappa shape index (κ2) is 10.3. The Hall–Kier alpha value is -3.28. The van der Waals surface area contributed by atoms with Crippen LogP contribution in [0.15, 0.2) is 66.2 Å². The predicted octanol–water partition coefficient (Wildman–Crippen LogP) is 3.16. The van der Waals surface area contributed by atoms with Crippen LogP contribution < -0.4 is 15.4 Å². The van der Waals surface area contributed by atoms with Gasteiger partial charge in [-0.2, -0.15) is 0 Å². The summed E-state index contributed by atoms with van der Waals surface area (Å²) in [6.07, 6.45) is 6.51. The largest absolute Gasteiger partial charge is 0.496 e. The minimum absolute atomic E-state index is 0.718. The highest BCUT2D eigenvalue weighted by molar-refractivity contribution is 5.79. The van der Waals surface area contributed by atoms with E-state index >= 15 is 0 Å². The van der Waals surface area contributed by atoms with Crippen molar-refractivity contribution in [3.8, 4) is 5.75 Å². The molecule has 0 fully saturated rings. The van der Waals surface area contributed by atoms with E-state index in [0.717, 1.165) is 43.3 Å². The van der Waals surface area contributed by atoms with Crippen molar-refractivity contribution in [3.63, 3.8) is 0 Å². The number of nitrogens with one attached hydrogen (secondary N) is 2. The first kappa shape index (κ1) is 20.5. The van der Waals surface area contributed by atoms with Crippen LogP contribution in [-0.2, 0) is 19.5 Å². The number of rotatable bonds is 8. The van der Waals surface area contributed by atoms with Crippen LogP contribution >= 0.6 is 0 Å². The minimum atomic E-state index is 0.718. The van der Waals surface area contributed by atoms with Crippen LogP contribution in [0.3, 0.4) is 0 Å². The fraction of sp³-hybridized carbons (Fsp3) is 0.304. The van der Waals surface area contributed by atoms with E-state index in [9.17, 15) is 0 Å². The van der Waals surface area contributed by atoms with E-state index in [4.69, 9.17) is 4.74 Å². The summed E-state index contributed by atoms with van der Waals surface area (Å²) in [5.74, 6) is 1.73. The van der Waals surface area contributed by atoms with Gasteiger partial charge in [0.05, 0.1) is 13.4 Å². The maximum absolute atomic E-state index is 5.40. The molecule has 3 aromatic rings. The number of hydrogen-bond donors (Lipinski definition) is 2. The van der Waals surface area contributed by atoms with Crippen LogP contribution in [-0.4, -0.2) is 36.2 Å². The van der Waals surface area contributed by atoms with E-state index in [2.05, 4.69) is 74.6 Å². The molecule has 2 aromatic carbocycles. The first-order chi connectivity index (χ1) is 14.2. The van der Waals surface area contributed by atoms with Gasteiger partial charge in [-0.3, -0.25) is 4.99 Å². The number of ether oxygens (including phenoxy) is 1. The molecule has 0 bridgehead atoms. The van der Waals surface area contributed by atoms with E-state index < -0.39 is 0 Å². The lowest BCUT2D eigenvalue weighted by Gasteiger charge is -2.13. The van der Waals surface area contributed by atoms with Gasteiger partial charge in [0.1, 0.15) is 5.75 Å². The van der Waals surface area contributed by atoms with Crippen LogP contribution in [0.2, 0.25) is 0 Å². The van der Waals surface area contributed by atoms with Gasteiger partial charge in [-0.1, -0.05) is 36.4 Å². The summed E-state index contributed by atoms with van der Waals surface area (Å²) in [6.45, 7) is 4.39. The van der Waals surface area contributed by atoms with Crippen molar-refractivity contribution in [1.82, 2.24) is 20.2 Å². The number of methoxy groups -OCH3 is 1. The minimum Gasteiger partial charge on any atom is -0.496 e. The fourth-order valence-corrected chi connectivity index (χ4v) is 3.18. The van der Waals surface area contributed by atoms with Crippen molar-refractivity contribution in [2.45, 2.75) is 26.4 Å². The average molecular weight is 392 g/mol. The fourth-order valence-electron chi connectivity index (χ4n) is 3.18. The quantitative estimate of drug-likeness (QED) is 0.457. The van der Waals surface area contributed by atoms with Crippen molar-refractivity contribution in [2.75, 3.05) is 20.7 Å². The Morgan fingerprint density at radius 3 is 2.72 bits per heavy atom. The zero-order valence-corrected chi connectivity index (χ0v) is 17.4. The predicted molar refractivity (Wildman–Crippen MR) is 117 cm³/mol. The molecule has 0 aliphatic carbocycles. The van der Waals surface area contributed by atoms with Crippen LogP contribution in [0.4, 0.5) is 0 Å². The number of imidazole rings is 1. The molecule has 6 nitrogen and oxygen atoms in total. The van der Waals surface area contributed by atoms with Crippen molar-refractivity contribution in [3.05, 3.63) is 83.4 Å². The second-order valence-corrected chi connectivity index (χ2v) is 6.96. The smallest absolute Gasteiger partial charge is 0.191 e. The monoisotopic (exact) mass is 391 g/mol. The molecular weight excluding hydrogens is 362 g/mol. The second-order valence-electron chi connectivity index (χ2n) is 6.96. The zero-order chi connectivity index (χ0) is 20.5. The molecule has 0 aliphatic rings. The zero-order valence-electron chi connectivity index (χ0n) is 17.4. The number of hydrogen-bond acceptors (Lipinski definition) is 3. The van der Waals surface area contributed by atoms with Crippen molar-refractivity contribution in [2.24, 2.45) is 4.99 Å². The molecule has 1 heterocycles. The summed E-state index contributed by atoms with van der Waals surface area (Å²) >= 11 is 0. The van der Waals surface area contributed by atoms with E-state index in [1.807, 2.05) is 12.5 Å². The lowest BCUT2D eigenvalue weighted by atomic mass is 10.1. The van der Waals surface area contributed by atoms with Crippen LogP contribution in [0.5, 0.6) is 5.75 Å². The van der Waals surface area contributed by atoms with E-state index in [1.54, 1.807) is 20.4 Å². The molecule has 29 heavy (non-hydrogen) atoms. The third-order valence-electron chi connectivity index (χ3n) is 4.78. The lowest BCUT2D eigenvalue weighted by molar-refractivity contribution is 0.411. The van der Waals surface area contributed by atoms with Crippen LogP contribution in [0.25, 0.3) is 0 Å². The maximum Gasteiger partial charge on any atom is 0.191 e. The third-order valence-corrected chi connectivity index (χ3v) is 4.78. The number of nitrogens with zero attached hydrogens (tertiary/aromatic N) is 3. The van der Waals surface area contributed by atoms with Crippen molar-refractivity contribution < 1.29 is 4.74 Å². The molecule has 0 radical (unpaired) electrons. The van der Waals surface area contributed by atoms with E-state index in [0.29, 0.717) is 0 Å². The number of guanidine groups is 1. The normalized spacial score (nSPS) is 11.3. The number of benzene rings is 2. The summed E-state index contributed by atoms with van der Waals surface area (Å²) < 4.78 is 7.47. The Morgan fingerprint density at radius 2 is 1.97 bits per heavy atom. The summed E-state index contributed by atoms with van der Waals surface area (Å²) in [6, 6.07) is 14.9. The van der Waals surface area contributed by atoms with Gasteiger partial charge in [-0.15, -0.1) is 0 Å². The van der Waals surface area contributed by atoms with Crippen LogP contribution in [0.1, 0.15) is 22.3 Å². The standard InChI is InChI=1S/C23H29N5O/c1-18-7-8-19(14-22(18)29-3)9-10-26-23(24-2)27-15-20-5-4-6-21(13-20)16-28-12-11-25-17-28/h4-8,11-14,17H,9-10,15-16H2,1-3H3,(H2,24,26,27). The van der Waals surface area contributed by atoms with Gasteiger partial charge < -0.3 is 19.9 Å². The van der Waals surface area contributed by atoms with Gasteiger partial charge in [0, 0.05) is 39.1 Å². The molecule has 0 atom stereocenters. The van der Waals surface area contributed by atoms with Gasteiger partial charge in [0.15, 0.2) is 5.96 Å². The maximum atomic E-state index is 5.40. The SMILES string of the molecule is CN=C(NCCc1ccc(C)c(OC)c1)NCc1cccc(Cn2ccnc2)c1. The molecule has 0 saturated heterocycles. The van der Waals surface area contributed by atoms with Crippen LogP contribution in [0, 0.1) is 6.92 Å². The third kappa shape index (κ3) is 6.10. The van der Waals surface area contributed by atoms with Gasteiger partial charge in [0.25, 0.3) is 0 Å². The number of aromatic nitrogens is 2. The molecule has 0 saturated carbocycles. The molecular formula is C23H29N5O. The van der Waals surface area contributed by atoms with E-state index in [-0.39, 0.29) is 0 Å². The van der Waals surface area contributed by atoms with Crippen molar-refractivity contribution >= 4 is 5.96 Å². The highest BCUT2D eigenvalue weighted by Gasteiger charge is 2.03. The summed E-state index contributed by atoms with van der Waals surface area (Å²) in [5, 5.41) is 6.76. The van der Waals surface area contributed by atoms with Gasteiger partial charge in [-0.05, 0) is 41.7 Å². The Labute approximate surface area is 172 Å². The Morgan fingerprint density at radius 1 is 1.10 bits per heavy atom. The molecule has 0 unspecified atom stereocenters. The van der Waals surface area contributed by atoms with Gasteiger partial charge in [0.2, 0.25) is 0 Å². The highest BCUT2D eigenvalue weighted by Crippen LogP contribution is 2.19. The Kier molecular flexibility index (Phi) is 7.28. The highest BCUT2D eigenvalue weighted by atomic mass is 16.5. The molecule has 0 aliphatic heterocycles. The number of aliphatic imine (C=N–C) groups is 1. The van der Waals surface area contributed by atoms with Gasteiger partial charge in [-0.25, -0.2) is 4.98 Å². The molecule has 152 valence electrons. The van der Waals surface area contributed by atoms with Gasteiger partial charge >= 0.3 is 0 Å². The summed E-state index contributed by atoms with van der Waals surface area (Å²) in [4.78, 5) is 8.42. The summed E-state index contributed by atoms with van der Waals surface area (Å²) in [5.41, 5.74) is 4.85. The Bertz CT molecular complexity index is 934. The van der Waals surface area contributed by atoms with Crippen molar-refractivity contribution in [1.29, 1.82) is 0 Å². The topological polar surface area (TPSA) is 63.5 Å². The molecule has 1 aromatic heterocycles. The molecule has 6 heteroatoms. The van der Waals surface area contributed by atoms with E-state index in [1.165, 1.54) is 16.7 Å². The molecule has 0 spiro atoms. The molecule has 3 rings (SSSR count). The Balaban J connectivity index is 1.48.